The summed E-state index contributed by atoms with van der Waals surface area (Å²) in [6.07, 6.45) is 3.90. The summed E-state index contributed by atoms with van der Waals surface area (Å²) in [5.41, 5.74) is -0.156. The molecule has 0 aromatic carbocycles. The molecule has 1 aliphatic heterocycles. The molecule has 7 heteroatoms. The molecule has 1 aromatic rings. The predicted octanol–water partition coefficient (Wildman–Crippen LogP) is 5.31. The summed E-state index contributed by atoms with van der Waals surface area (Å²) in [7, 11) is 0. The topological polar surface area (TPSA) is 72.0 Å². The maximum atomic E-state index is 12.7. The van der Waals surface area contributed by atoms with Gasteiger partial charge in [-0.2, -0.15) is 0 Å². The monoisotopic (exact) mass is 405 g/mol. The fourth-order valence-electron chi connectivity index (χ4n) is 3.27. The van der Waals surface area contributed by atoms with Crippen molar-refractivity contribution in [3.63, 3.8) is 0 Å². The molecule has 2 rings (SSSR count). The molecule has 0 spiro atoms. The summed E-state index contributed by atoms with van der Waals surface area (Å²) in [6.45, 7) is 14.1. The number of ether oxygens (including phenoxy) is 2. The summed E-state index contributed by atoms with van der Waals surface area (Å²) < 4.78 is 11.0. The first-order valence-corrected chi connectivity index (χ1v) is 10.4. The van der Waals surface area contributed by atoms with Crippen LogP contribution in [0.3, 0.4) is 0 Å². The predicted molar refractivity (Wildman–Crippen MR) is 113 cm³/mol. The molecule has 1 atom stereocenters. The van der Waals surface area contributed by atoms with Crippen molar-refractivity contribution in [3.05, 3.63) is 23.9 Å². The number of hydrogen-bond acceptors (Lipinski definition) is 5. The van der Waals surface area contributed by atoms with Gasteiger partial charge >= 0.3 is 12.2 Å². The van der Waals surface area contributed by atoms with Gasteiger partial charge in [0, 0.05) is 19.3 Å². The number of carbonyl (C=O) groups excluding carboxylic acids is 2. The van der Waals surface area contributed by atoms with Gasteiger partial charge in [-0.05, 0) is 79.4 Å². The Morgan fingerprint density at radius 3 is 2.28 bits per heavy atom. The molecule has 162 valence electrons. The number of piperidine rings is 1. The van der Waals surface area contributed by atoms with Crippen LogP contribution in [0.5, 0.6) is 0 Å². The van der Waals surface area contributed by atoms with E-state index in [1.54, 1.807) is 11.1 Å². The van der Waals surface area contributed by atoms with Crippen molar-refractivity contribution in [2.45, 2.75) is 85.0 Å². The molecule has 0 saturated carbocycles. The minimum absolute atomic E-state index is 0.0725. The number of carbonyl (C=O) groups is 2. The lowest BCUT2D eigenvalue weighted by Gasteiger charge is -2.37. The third kappa shape index (κ3) is 6.61. The molecule has 0 aliphatic carbocycles. The second kappa shape index (κ2) is 9.01. The van der Waals surface area contributed by atoms with Gasteiger partial charge in [-0.1, -0.05) is 6.07 Å². The third-order valence-electron chi connectivity index (χ3n) is 4.49. The van der Waals surface area contributed by atoms with Crippen LogP contribution < -0.4 is 4.90 Å². The Morgan fingerprint density at radius 2 is 1.76 bits per heavy atom. The fourth-order valence-corrected chi connectivity index (χ4v) is 3.27. The van der Waals surface area contributed by atoms with Crippen molar-refractivity contribution < 1.29 is 19.1 Å². The van der Waals surface area contributed by atoms with Gasteiger partial charge in [0.25, 0.3) is 0 Å². The molecule has 1 saturated heterocycles. The van der Waals surface area contributed by atoms with Gasteiger partial charge < -0.3 is 14.4 Å². The van der Waals surface area contributed by atoms with E-state index in [-0.39, 0.29) is 12.1 Å². The Balaban J connectivity index is 2.18. The lowest BCUT2D eigenvalue weighted by molar-refractivity contribution is 0.00947. The van der Waals surface area contributed by atoms with Gasteiger partial charge in [-0.3, -0.25) is 4.90 Å². The zero-order chi connectivity index (χ0) is 21.8. The number of pyridine rings is 1. The quantitative estimate of drug-likeness (QED) is 0.682. The first-order chi connectivity index (χ1) is 13.4. The highest BCUT2D eigenvalue weighted by molar-refractivity contribution is 5.86. The van der Waals surface area contributed by atoms with E-state index < -0.39 is 17.3 Å². The maximum Gasteiger partial charge on any atom is 0.415 e. The van der Waals surface area contributed by atoms with Crippen LogP contribution in [0.1, 0.15) is 79.3 Å². The molecule has 0 bridgehead atoms. The summed E-state index contributed by atoms with van der Waals surface area (Å²) in [6, 6.07) is 3.67. The van der Waals surface area contributed by atoms with Crippen LogP contribution in [0.2, 0.25) is 0 Å². The second-order valence-corrected chi connectivity index (χ2v) is 9.36. The number of rotatable bonds is 3. The van der Waals surface area contributed by atoms with Crippen molar-refractivity contribution in [1.29, 1.82) is 0 Å². The maximum absolute atomic E-state index is 12.7. The van der Waals surface area contributed by atoms with E-state index >= 15 is 0 Å². The van der Waals surface area contributed by atoms with E-state index in [4.69, 9.17) is 9.47 Å². The first kappa shape index (κ1) is 23.0. The van der Waals surface area contributed by atoms with E-state index in [0.717, 1.165) is 24.8 Å². The molecule has 7 nitrogen and oxygen atoms in total. The summed E-state index contributed by atoms with van der Waals surface area (Å²) in [5.74, 6) is 0.533. The Hall–Kier alpha value is -2.31. The van der Waals surface area contributed by atoms with Gasteiger partial charge in [0.1, 0.15) is 17.0 Å². The lowest BCUT2D eigenvalue weighted by atomic mass is 9.97. The number of likely N-dealkylation sites (tertiary alicyclic amines) is 1. The van der Waals surface area contributed by atoms with Crippen molar-refractivity contribution in [2.75, 3.05) is 18.0 Å². The van der Waals surface area contributed by atoms with Crippen molar-refractivity contribution >= 4 is 18.0 Å². The minimum atomic E-state index is -0.569. The molecule has 2 heterocycles. The zero-order valence-corrected chi connectivity index (χ0v) is 18.8. The van der Waals surface area contributed by atoms with Crippen LogP contribution in [-0.2, 0) is 9.47 Å². The molecule has 29 heavy (non-hydrogen) atoms. The van der Waals surface area contributed by atoms with Gasteiger partial charge in [0.15, 0.2) is 0 Å². The van der Waals surface area contributed by atoms with E-state index in [9.17, 15) is 9.59 Å². The van der Waals surface area contributed by atoms with Crippen LogP contribution in [-0.4, -0.2) is 46.4 Å². The summed E-state index contributed by atoms with van der Waals surface area (Å²) in [4.78, 5) is 32.9. The van der Waals surface area contributed by atoms with Crippen LogP contribution in [0.4, 0.5) is 15.4 Å². The number of aromatic nitrogens is 1. The van der Waals surface area contributed by atoms with Crippen molar-refractivity contribution in [3.8, 4) is 0 Å². The smallest absolute Gasteiger partial charge is 0.415 e. The highest BCUT2D eigenvalue weighted by Crippen LogP contribution is 2.32. The summed E-state index contributed by atoms with van der Waals surface area (Å²) >= 11 is 0. The van der Waals surface area contributed by atoms with Crippen molar-refractivity contribution in [2.24, 2.45) is 0 Å². The number of hydrogen-bond donors (Lipinski definition) is 0. The average molecular weight is 406 g/mol. The standard InChI is InChI=1S/C22H35N3O4/c1-8-24(19(26)28-21(2,3)4)18-13-12-16(15-23-18)17-11-9-10-14-25(17)20(27)29-22(5,6)7/h12-13,15,17H,8-11,14H2,1-7H3/t17-/m1/s1. The Kier molecular flexibility index (Phi) is 7.14. The SMILES string of the molecule is CCN(C(=O)OC(C)(C)C)c1ccc([C@H]2CCCCN2C(=O)OC(C)(C)C)cn1. The van der Waals surface area contributed by atoms with E-state index in [2.05, 4.69) is 4.98 Å². The molecule has 0 radical (unpaired) electrons. The van der Waals surface area contributed by atoms with E-state index in [1.807, 2.05) is 60.6 Å². The molecule has 1 aromatic heterocycles. The molecular weight excluding hydrogens is 370 g/mol. The first-order valence-electron chi connectivity index (χ1n) is 10.4. The van der Waals surface area contributed by atoms with Gasteiger partial charge in [-0.25, -0.2) is 14.6 Å². The van der Waals surface area contributed by atoms with Gasteiger partial charge in [0.05, 0.1) is 6.04 Å². The van der Waals surface area contributed by atoms with Crippen LogP contribution in [0.15, 0.2) is 18.3 Å². The Bertz CT molecular complexity index is 704. The van der Waals surface area contributed by atoms with Crippen LogP contribution in [0.25, 0.3) is 0 Å². The number of amides is 2. The Labute approximate surface area is 174 Å². The number of nitrogens with zero attached hydrogens (tertiary/aromatic N) is 3. The molecule has 0 N–H and O–H groups in total. The second-order valence-electron chi connectivity index (χ2n) is 9.36. The zero-order valence-electron chi connectivity index (χ0n) is 18.8. The third-order valence-corrected chi connectivity index (χ3v) is 4.49. The van der Waals surface area contributed by atoms with Crippen molar-refractivity contribution in [1.82, 2.24) is 9.88 Å². The summed E-state index contributed by atoms with van der Waals surface area (Å²) in [5, 5.41) is 0. The largest absolute Gasteiger partial charge is 0.444 e. The van der Waals surface area contributed by atoms with Gasteiger partial charge in [0.2, 0.25) is 0 Å². The molecular formula is C22H35N3O4. The van der Waals surface area contributed by atoms with Gasteiger partial charge in [-0.15, -0.1) is 0 Å². The minimum Gasteiger partial charge on any atom is -0.444 e. The van der Waals surface area contributed by atoms with Crippen LogP contribution in [0, 0.1) is 0 Å². The molecule has 1 fully saturated rings. The Morgan fingerprint density at radius 1 is 1.10 bits per heavy atom. The van der Waals surface area contributed by atoms with E-state index in [1.165, 1.54) is 4.90 Å². The van der Waals surface area contributed by atoms with Crippen LogP contribution >= 0.6 is 0 Å². The molecule has 0 unspecified atom stereocenters. The number of anilines is 1. The normalized spacial score (nSPS) is 17.6. The highest BCUT2D eigenvalue weighted by Gasteiger charge is 2.32. The lowest BCUT2D eigenvalue weighted by Crippen LogP contribution is -2.42. The molecule has 2 amide bonds. The fraction of sp³-hybridized carbons (Fsp3) is 0.682. The van der Waals surface area contributed by atoms with E-state index in [0.29, 0.717) is 18.9 Å². The average Bonchev–Trinajstić information content (AvgIpc) is 2.60. The highest BCUT2D eigenvalue weighted by atomic mass is 16.6. The molecule has 1 aliphatic rings.